The van der Waals surface area contributed by atoms with Crippen LogP contribution in [0.1, 0.15) is 31.3 Å². The van der Waals surface area contributed by atoms with E-state index >= 15 is 0 Å². The van der Waals surface area contributed by atoms with E-state index in [-0.39, 0.29) is 49.6 Å². The molecule has 0 amide bonds. The van der Waals surface area contributed by atoms with Crippen molar-refractivity contribution in [2.45, 2.75) is 88.5 Å². The number of rotatable bonds is 6. The van der Waals surface area contributed by atoms with E-state index in [1.807, 2.05) is 30.3 Å². The summed E-state index contributed by atoms with van der Waals surface area (Å²) >= 11 is 0. The Hall–Kier alpha value is -4.64. The number of hydrogen-bond donors (Lipinski definition) is 3. The number of benzene rings is 4. The molecule has 0 spiro atoms. The maximum absolute atomic E-state index is 13.6. The van der Waals surface area contributed by atoms with E-state index in [0.29, 0.717) is 10.9 Å². The van der Waals surface area contributed by atoms with E-state index in [1.54, 1.807) is 51.1 Å². The molecule has 10 unspecified atom stereocenters. The molecule has 0 saturated carbocycles. The van der Waals surface area contributed by atoms with Gasteiger partial charge in [-0.1, -0.05) is 48.5 Å². The van der Waals surface area contributed by atoms with Gasteiger partial charge in [0.1, 0.15) is 53.0 Å². The van der Waals surface area contributed by atoms with Crippen molar-refractivity contribution in [1.29, 1.82) is 0 Å². The number of phenolic OH excluding ortho intramolecular Hbond substituents is 1. The van der Waals surface area contributed by atoms with Crippen LogP contribution in [0.5, 0.6) is 11.5 Å². The number of methoxy groups -OCH3 is 1. The summed E-state index contributed by atoms with van der Waals surface area (Å²) in [6, 6.07) is 17.4. The summed E-state index contributed by atoms with van der Waals surface area (Å²) in [6.45, 7) is 5.17. The average Bonchev–Trinajstić information content (AvgIpc) is 3.60. The van der Waals surface area contributed by atoms with Gasteiger partial charge in [0.2, 0.25) is 6.29 Å². The third-order valence-corrected chi connectivity index (χ3v) is 10.6. The molecule has 0 radical (unpaired) electrons. The lowest BCUT2D eigenvalue weighted by atomic mass is 9.95. The van der Waals surface area contributed by atoms with Crippen molar-refractivity contribution in [3.63, 3.8) is 0 Å². The average molecular weight is 729 g/mol. The van der Waals surface area contributed by atoms with Crippen LogP contribution in [-0.2, 0) is 28.4 Å². The Morgan fingerprint density at radius 3 is 2.19 bits per heavy atom. The molecule has 0 aliphatic carbocycles. The van der Waals surface area contributed by atoms with Crippen molar-refractivity contribution < 1.29 is 57.3 Å². The van der Waals surface area contributed by atoms with Gasteiger partial charge in [-0.15, -0.1) is 0 Å². The highest BCUT2D eigenvalue weighted by atomic mass is 16.8. The largest absolute Gasteiger partial charge is 0.506 e. The number of aliphatic hydroxyl groups excluding tert-OH is 2. The molecule has 3 aliphatic rings. The molecular formula is C39H36O14. The zero-order valence-electron chi connectivity index (χ0n) is 29.0. The Balaban J connectivity index is 1.19. The van der Waals surface area contributed by atoms with Crippen LogP contribution in [0.4, 0.5) is 0 Å². The van der Waals surface area contributed by atoms with Crippen molar-refractivity contribution in [1.82, 2.24) is 0 Å². The van der Waals surface area contributed by atoms with Gasteiger partial charge in [-0.05, 0) is 38.5 Å². The van der Waals surface area contributed by atoms with E-state index < -0.39 is 79.0 Å². The van der Waals surface area contributed by atoms with Gasteiger partial charge in [0.25, 0.3) is 0 Å². The fraction of sp³-hybridized carbons (Fsp3) is 0.385. The smallest absolute Gasteiger partial charge is 0.348 e. The van der Waals surface area contributed by atoms with Gasteiger partial charge in [0.05, 0.1) is 23.0 Å². The van der Waals surface area contributed by atoms with Crippen LogP contribution in [0.3, 0.4) is 0 Å². The molecule has 6 aromatic rings. The minimum atomic E-state index is -1.42. The Morgan fingerprint density at radius 2 is 1.42 bits per heavy atom. The monoisotopic (exact) mass is 728 g/mol. The molecule has 0 bridgehead atoms. The van der Waals surface area contributed by atoms with Crippen LogP contribution in [0, 0.1) is 6.92 Å². The first-order valence-corrected chi connectivity index (χ1v) is 17.3. The third-order valence-electron chi connectivity index (χ3n) is 10.6. The number of ether oxygens (including phenoxy) is 7. The molecule has 2 aromatic heterocycles. The first-order valence-electron chi connectivity index (χ1n) is 17.3. The topological polar surface area (TPSA) is 186 Å². The predicted octanol–water partition coefficient (Wildman–Crippen LogP) is 4.13. The predicted molar refractivity (Wildman–Crippen MR) is 187 cm³/mol. The molecule has 14 nitrogen and oxygen atoms in total. The van der Waals surface area contributed by atoms with Gasteiger partial charge < -0.3 is 57.3 Å². The number of aliphatic hydroxyl groups is 2. The summed E-state index contributed by atoms with van der Waals surface area (Å²) in [7, 11) is 1.37. The molecule has 5 heterocycles. The van der Waals surface area contributed by atoms with Gasteiger partial charge in [0.15, 0.2) is 24.3 Å². The zero-order valence-corrected chi connectivity index (χ0v) is 29.0. The van der Waals surface area contributed by atoms with Gasteiger partial charge >= 0.3 is 11.3 Å². The lowest BCUT2D eigenvalue weighted by Crippen LogP contribution is -2.63. The Bertz CT molecular complexity index is 2460. The highest BCUT2D eigenvalue weighted by Crippen LogP contribution is 2.47. The number of fused-ring (bicyclic) bond motifs is 3. The Labute approximate surface area is 300 Å². The lowest BCUT2D eigenvalue weighted by Gasteiger charge is -2.45. The zero-order chi connectivity index (χ0) is 36.9. The van der Waals surface area contributed by atoms with Crippen molar-refractivity contribution in [3.8, 4) is 11.5 Å². The lowest BCUT2D eigenvalue weighted by molar-refractivity contribution is -0.346. The van der Waals surface area contributed by atoms with Crippen LogP contribution in [0.2, 0.25) is 0 Å². The van der Waals surface area contributed by atoms with E-state index in [4.69, 9.17) is 42.0 Å². The van der Waals surface area contributed by atoms with Gasteiger partial charge in [-0.3, -0.25) is 0 Å². The summed E-state index contributed by atoms with van der Waals surface area (Å²) < 4.78 is 55.4. The van der Waals surface area contributed by atoms with Crippen LogP contribution in [0.15, 0.2) is 79.1 Å². The number of phenols is 1. The van der Waals surface area contributed by atoms with E-state index in [1.165, 1.54) is 7.11 Å². The minimum absolute atomic E-state index is 0.00461. The quantitative estimate of drug-likeness (QED) is 0.126. The number of hydrogen-bond acceptors (Lipinski definition) is 14. The van der Waals surface area contributed by atoms with Crippen LogP contribution >= 0.6 is 0 Å². The summed E-state index contributed by atoms with van der Waals surface area (Å²) in [4.78, 5) is 26.9. The highest BCUT2D eigenvalue weighted by molar-refractivity contribution is 6.28. The van der Waals surface area contributed by atoms with Crippen molar-refractivity contribution >= 4 is 43.5 Å². The first-order chi connectivity index (χ1) is 25.5. The fourth-order valence-corrected chi connectivity index (χ4v) is 7.98. The SMILES string of the molecule is COC1C(O)C(C)OC(OC2C(Oc3cccc4c(O)c5c(=O)oc6ccc(C)c7c(=O)oc(c34)c5c67)OC(C)C3O[C@H](c4ccccc4)OC32)C1O. The molecule has 11 atom stereocenters. The maximum atomic E-state index is 13.6. The second kappa shape index (κ2) is 12.7. The second-order valence-corrected chi connectivity index (χ2v) is 13.8. The van der Waals surface area contributed by atoms with Crippen molar-refractivity contribution in [2.75, 3.05) is 7.11 Å². The maximum Gasteiger partial charge on any atom is 0.348 e. The fourth-order valence-electron chi connectivity index (χ4n) is 7.98. The van der Waals surface area contributed by atoms with Gasteiger partial charge in [-0.25, -0.2) is 9.59 Å². The first kappa shape index (κ1) is 34.1. The van der Waals surface area contributed by atoms with E-state index in [0.717, 1.165) is 5.56 Å². The van der Waals surface area contributed by atoms with Gasteiger partial charge in [0, 0.05) is 28.8 Å². The van der Waals surface area contributed by atoms with Crippen molar-refractivity contribution in [3.05, 3.63) is 92.6 Å². The standard InChI is InChI=1S/C39H36O14/c1-15-13-14-21-24-22(15)35(43)50-31-23-19(28(41)26(25(24)31)36(44)48-21)11-8-12-20(23)49-39-34(53-38-29(42)32(45-4)27(40)16(2)46-38)33-30(17(3)47-39)51-37(52-33)18-9-6-5-7-10-18/h5-14,16-17,27,29-30,32-34,37-42H,1-4H3/t16?,17?,27?,29?,30?,32?,33?,34?,37-,38?,39?/m0/s1. The Kier molecular flexibility index (Phi) is 8.21. The summed E-state index contributed by atoms with van der Waals surface area (Å²) in [6.07, 6.45) is -10.9. The molecule has 3 aliphatic heterocycles. The van der Waals surface area contributed by atoms with Gasteiger partial charge in [-0.2, -0.15) is 0 Å². The molecule has 3 saturated heterocycles. The summed E-state index contributed by atoms with van der Waals surface area (Å²) in [5.74, 6) is -0.266. The molecule has 3 fully saturated rings. The number of aryl methyl sites for hydroxylation is 1. The van der Waals surface area contributed by atoms with E-state index in [9.17, 15) is 24.9 Å². The van der Waals surface area contributed by atoms with Crippen LogP contribution < -0.4 is 16.0 Å². The van der Waals surface area contributed by atoms with E-state index in [2.05, 4.69) is 0 Å². The van der Waals surface area contributed by atoms with Crippen LogP contribution in [-0.4, -0.2) is 83.8 Å². The highest BCUT2D eigenvalue weighted by Gasteiger charge is 2.56. The molecule has 4 aromatic carbocycles. The third kappa shape index (κ3) is 5.24. The normalized spacial score (nSPS) is 31.8. The molecular weight excluding hydrogens is 692 g/mol. The summed E-state index contributed by atoms with van der Waals surface area (Å²) in [5.41, 5.74) is 0.0587. The molecule has 9 rings (SSSR count). The van der Waals surface area contributed by atoms with Crippen LogP contribution in [0.25, 0.3) is 43.5 Å². The molecule has 3 N–H and O–H groups in total. The minimum Gasteiger partial charge on any atom is -0.506 e. The molecule has 14 heteroatoms. The Morgan fingerprint density at radius 1 is 0.679 bits per heavy atom. The molecule has 276 valence electrons. The molecule has 53 heavy (non-hydrogen) atoms. The number of aromatic hydroxyl groups is 1. The second-order valence-electron chi connectivity index (χ2n) is 13.8. The van der Waals surface area contributed by atoms with Crippen molar-refractivity contribution in [2.24, 2.45) is 0 Å². The summed E-state index contributed by atoms with van der Waals surface area (Å²) in [5, 5.41) is 34.5.